The van der Waals surface area contributed by atoms with Gasteiger partial charge in [-0.05, 0) is 103 Å². The van der Waals surface area contributed by atoms with E-state index in [2.05, 4.69) is 78.2 Å². The summed E-state index contributed by atoms with van der Waals surface area (Å²) in [6, 6.07) is 35.1. The number of carbonyl (C=O) groups is 4. The highest BCUT2D eigenvalue weighted by Gasteiger charge is 2.28. The number of nitrogens with two attached hydrogens (primary N) is 1. The molecule has 10 nitrogen and oxygen atoms in total. The van der Waals surface area contributed by atoms with Crippen molar-refractivity contribution in [3.63, 3.8) is 0 Å². The highest BCUT2D eigenvalue weighted by Crippen LogP contribution is 2.28. The first-order chi connectivity index (χ1) is 28.4. The normalized spacial score (nSPS) is 19.2. The molecule has 0 aromatic heterocycles. The van der Waals surface area contributed by atoms with Gasteiger partial charge in [0.05, 0.1) is 0 Å². The number of hydrogen-bond donors (Lipinski definition) is 2. The van der Waals surface area contributed by atoms with Crippen molar-refractivity contribution in [2.24, 2.45) is 23.5 Å². The summed E-state index contributed by atoms with van der Waals surface area (Å²) in [6.07, 6.45) is 3.70. The third-order valence-corrected chi connectivity index (χ3v) is 11.0. The summed E-state index contributed by atoms with van der Waals surface area (Å²) in [7, 11) is 0. The minimum atomic E-state index is -1.02. The summed E-state index contributed by atoms with van der Waals surface area (Å²) in [6.45, 7) is 14.2. The zero-order valence-corrected chi connectivity index (χ0v) is 35.3. The lowest BCUT2D eigenvalue weighted by Crippen LogP contribution is -2.45. The van der Waals surface area contributed by atoms with Crippen molar-refractivity contribution >= 4 is 23.3 Å². The number of carbonyl (C=O) groups excluding carboxylic acids is 3. The summed E-state index contributed by atoms with van der Waals surface area (Å²) < 4.78 is 10.6. The molecule has 0 amide bonds. The number of carboxylic acid groups (broad SMARTS) is 1. The summed E-state index contributed by atoms with van der Waals surface area (Å²) in [5, 5.41) is 8.38. The highest BCUT2D eigenvalue weighted by atomic mass is 16.5. The van der Waals surface area contributed by atoms with E-state index in [1.54, 1.807) is 55.5 Å². The topological polar surface area (TPSA) is 139 Å². The molecular formula is C49H63N3O7. The van der Waals surface area contributed by atoms with Gasteiger partial charge in [-0.3, -0.25) is 24.2 Å². The molecule has 4 atom stereocenters. The molecule has 2 aliphatic heterocycles. The van der Waals surface area contributed by atoms with Gasteiger partial charge < -0.3 is 20.3 Å². The molecule has 3 N–H and O–H groups in total. The molecule has 4 unspecified atom stereocenters. The van der Waals surface area contributed by atoms with E-state index in [9.17, 15) is 19.2 Å². The predicted molar refractivity (Wildman–Crippen MR) is 233 cm³/mol. The van der Waals surface area contributed by atoms with Gasteiger partial charge in [-0.15, -0.1) is 0 Å². The molecule has 6 rings (SSSR count). The fraction of sp³-hybridized carbons (Fsp3) is 0.429. The number of benzene rings is 4. The van der Waals surface area contributed by atoms with Crippen molar-refractivity contribution in [2.45, 2.75) is 78.9 Å². The molecule has 0 aliphatic carbocycles. The van der Waals surface area contributed by atoms with Crippen molar-refractivity contribution in [1.82, 2.24) is 9.80 Å². The number of ether oxygens (including phenoxy) is 2. The number of Topliss-reactive ketones (excluding diaryl/α,β-unsaturated/α-hetero) is 3. The van der Waals surface area contributed by atoms with Crippen LogP contribution in [0, 0.1) is 17.8 Å². The summed E-state index contributed by atoms with van der Waals surface area (Å²) in [4.78, 5) is 50.6. The maximum atomic E-state index is 12.4. The molecule has 0 bridgehead atoms. The van der Waals surface area contributed by atoms with Gasteiger partial charge in [-0.2, -0.15) is 0 Å². The van der Waals surface area contributed by atoms with E-state index >= 15 is 0 Å². The van der Waals surface area contributed by atoms with Gasteiger partial charge in [0.25, 0.3) is 0 Å². The van der Waals surface area contributed by atoms with Crippen LogP contribution in [0.3, 0.4) is 0 Å². The zero-order chi connectivity index (χ0) is 42.6. The smallest absolute Gasteiger partial charge is 0.341 e. The van der Waals surface area contributed by atoms with Crippen molar-refractivity contribution in [1.29, 1.82) is 0 Å². The van der Waals surface area contributed by atoms with Crippen LogP contribution in [0.25, 0.3) is 0 Å². The lowest BCUT2D eigenvalue weighted by Gasteiger charge is -2.36. The summed E-state index contributed by atoms with van der Waals surface area (Å²) in [5.41, 5.74) is 10.0. The first-order valence-electron chi connectivity index (χ1n) is 21.0. The number of hydrogen-bond acceptors (Lipinski definition) is 9. The van der Waals surface area contributed by atoms with Gasteiger partial charge in [-0.1, -0.05) is 88.4 Å². The van der Waals surface area contributed by atoms with Crippen LogP contribution >= 0.6 is 0 Å². The SMILES string of the molecule is CC1CN(Cc2ccccc2)CCC1N.CCC(=O)c1ccc(OCC(=O)CC2CCN(Cc3ccccc3)CC2C)cc1.CCC(=O)c1ccc(OCC(=O)O)cc1. The summed E-state index contributed by atoms with van der Waals surface area (Å²) >= 11 is 0. The first-order valence-corrected chi connectivity index (χ1v) is 21.0. The van der Waals surface area contributed by atoms with Gasteiger partial charge in [0.1, 0.15) is 18.1 Å². The monoisotopic (exact) mass is 805 g/mol. The Morgan fingerprint density at radius 3 is 1.49 bits per heavy atom. The quantitative estimate of drug-likeness (QED) is 0.106. The molecule has 0 radical (unpaired) electrons. The van der Waals surface area contributed by atoms with Crippen LogP contribution in [0.2, 0.25) is 0 Å². The number of likely N-dealkylation sites (tertiary alicyclic amines) is 2. The van der Waals surface area contributed by atoms with E-state index in [0.717, 1.165) is 52.1 Å². The number of nitrogens with zero attached hydrogens (tertiary/aromatic N) is 2. The highest BCUT2D eigenvalue weighted by molar-refractivity contribution is 5.96. The molecule has 2 heterocycles. The molecule has 0 spiro atoms. The van der Waals surface area contributed by atoms with E-state index in [4.69, 9.17) is 20.3 Å². The lowest BCUT2D eigenvalue weighted by molar-refractivity contribution is -0.139. The second kappa shape index (κ2) is 24.7. The number of piperidine rings is 2. The Morgan fingerprint density at radius 2 is 1.07 bits per heavy atom. The molecule has 2 aliphatic rings. The van der Waals surface area contributed by atoms with Crippen LogP contribution in [-0.2, 0) is 22.7 Å². The van der Waals surface area contributed by atoms with Crippen LogP contribution in [0.4, 0.5) is 0 Å². The number of ketones is 3. The Bertz CT molecular complexity index is 1870. The number of rotatable bonds is 16. The number of aliphatic carboxylic acids is 1. The van der Waals surface area contributed by atoms with E-state index in [0.29, 0.717) is 65.7 Å². The van der Waals surface area contributed by atoms with Crippen LogP contribution < -0.4 is 15.2 Å². The van der Waals surface area contributed by atoms with Crippen LogP contribution in [-0.4, -0.2) is 83.7 Å². The molecule has 2 saturated heterocycles. The van der Waals surface area contributed by atoms with Gasteiger partial charge in [-0.25, -0.2) is 4.79 Å². The Hall–Kier alpha value is -5.16. The molecule has 10 heteroatoms. The third kappa shape index (κ3) is 16.6. The molecule has 59 heavy (non-hydrogen) atoms. The van der Waals surface area contributed by atoms with Gasteiger partial charge in [0.2, 0.25) is 0 Å². The molecule has 4 aromatic rings. The largest absolute Gasteiger partial charge is 0.486 e. The van der Waals surface area contributed by atoms with Crippen molar-refractivity contribution in [3.05, 3.63) is 131 Å². The molecule has 2 fully saturated rings. The average molecular weight is 806 g/mol. The fourth-order valence-electron chi connectivity index (χ4n) is 7.35. The van der Waals surface area contributed by atoms with Gasteiger partial charge >= 0.3 is 5.97 Å². The Labute approximate surface area is 350 Å². The standard InChI is InChI=1S/C25H31NO3.C13H20N2.C11H12O4/c1-3-25(28)21-9-11-24(12-10-21)29-18-23(27)15-22-13-14-26(16-19(22)2)17-20-7-5-4-6-8-20;1-11-9-15(8-7-13(11)14)10-12-5-3-2-4-6-12;1-2-10(12)8-3-5-9(6-4-8)15-7-11(13)14/h4-12,19,22H,3,13-18H2,1-2H3;2-6,11,13H,7-10,14H2,1H3;3-6H,2,7H2,1H3,(H,13,14). The minimum absolute atomic E-state index is 0.0554. The summed E-state index contributed by atoms with van der Waals surface area (Å²) in [5.74, 6) is 1.92. The van der Waals surface area contributed by atoms with Crippen molar-refractivity contribution in [3.8, 4) is 11.5 Å². The lowest BCUT2D eigenvalue weighted by atomic mass is 9.83. The maximum Gasteiger partial charge on any atom is 0.341 e. The Morgan fingerprint density at radius 1 is 0.627 bits per heavy atom. The minimum Gasteiger partial charge on any atom is -0.486 e. The van der Waals surface area contributed by atoms with E-state index < -0.39 is 5.97 Å². The molecule has 0 saturated carbocycles. The van der Waals surface area contributed by atoms with E-state index in [1.807, 2.05) is 13.0 Å². The average Bonchev–Trinajstić information content (AvgIpc) is 3.25. The predicted octanol–water partition coefficient (Wildman–Crippen LogP) is 8.37. The van der Waals surface area contributed by atoms with E-state index in [1.165, 1.54) is 11.1 Å². The van der Waals surface area contributed by atoms with Crippen molar-refractivity contribution in [2.75, 3.05) is 39.4 Å². The van der Waals surface area contributed by atoms with Crippen LogP contribution in [0.15, 0.2) is 109 Å². The van der Waals surface area contributed by atoms with Crippen LogP contribution in [0.1, 0.15) is 91.6 Å². The fourth-order valence-corrected chi connectivity index (χ4v) is 7.35. The van der Waals surface area contributed by atoms with E-state index in [-0.39, 0.29) is 30.6 Å². The van der Waals surface area contributed by atoms with Crippen LogP contribution in [0.5, 0.6) is 11.5 Å². The second-order valence-electron chi connectivity index (χ2n) is 15.7. The Balaban J connectivity index is 0.000000215. The van der Waals surface area contributed by atoms with Gasteiger partial charge in [0, 0.05) is 62.6 Å². The zero-order valence-electron chi connectivity index (χ0n) is 35.3. The second-order valence-corrected chi connectivity index (χ2v) is 15.7. The molecule has 316 valence electrons. The van der Waals surface area contributed by atoms with Gasteiger partial charge in [0.15, 0.2) is 24.0 Å². The van der Waals surface area contributed by atoms with Crippen molar-refractivity contribution < 1.29 is 33.8 Å². The Kier molecular flexibility index (Phi) is 19.5. The first kappa shape index (κ1) is 46.5. The molecule has 4 aromatic carbocycles. The third-order valence-electron chi connectivity index (χ3n) is 11.0. The maximum absolute atomic E-state index is 12.4. The molecular weight excluding hydrogens is 743 g/mol. The number of carboxylic acids is 1.